The molecule has 0 N–H and O–H groups in total. The number of Topliss-reactive ketones (excluding diaryl/α,β-unsaturated/α-hetero) is 1. The molecule has 0 rings (SSSR count). The normalized spacial score (nSPS) is 11.5. The van der Waals surface area contributed by atoms with Crippen molar-refractivity contribution in [3.05, 3.63) is 0 Å². The molecular formula is C8H15BrO3S. The molecule has 0 fully saturated rings. The second-order valence-electron chi connectivity index (χ2n) is 2.97. The molecule has 0 atom stereocenters. The van der Waals surface area contributed by atoms with Crippen molar-refractivity contribution in [2.45, 2.75) is 26.2 Å². The summed E-state index contributed by atoms with van der Waals surface area (Å²) in [6.07, 6.45) is 2.55. The number of halogens is 1. The topological polar surface area (TPSA) is 51.2 Å². The van der Waals surface area contributed by atoms with E-state index in [4.69, 9.17) is 0 Å². The van der Waals surface area contributed by atoms with Crippen LogP contribution in [-0.2, 0) is 14.6 Å². The first kappa shape index (κ1) is 13.1. The van der Waals surface area contributed by atoms with Crippen molar-refractivity contribution < 1.29 is 13.2 Å². The van der Waals surface area contributed by atoms with Gasteiger partial charge in [-0.1, -0.05) is 35.7 Å². The van der Waals surface area contributed by atoms with Gasteiger partial charge in [0, 0.05) is 0 Å². The number of carbonyl (C=O) groups excluding carboxylic acids is 1. The second kappa shape index (κ2) is 6.54. The third-order valence-electron chi connectivity index (χ3n) is 1.59. The van der Waals surface area contributed by atoms with Gasteiger partial charge < -0.3 is 0 Å². The summed E-state index contributed by atoms with van der Waals surface area (Å²) >= 11 is 2.94. The van der Waals surface area contributed by atoms with Crippen LogP contribution in [0.15, 0.2) is 0 Å². The minimum atomic E-state index is -3.14. The smallest absolute Gasteiger partial charge is 0.158 e. The van der Waals surface area contributed by atoms with Gasteiger partial charge in [-0.15, -0.1) is 0 Å². The predicted molar refractivity (Wildman–Crippen MR) is 57.0 cm³/mol. The van der Waals surface area contributed by atoms with Crippen molar-refractivity contribution in [2.75, 3.05) is 16.8 Å². The van der Waals surface area contributed by atoms with E-state index in [1.54, 1.807) is 0 Å². The fourth-order valence-electron chi connectivity index (χ4n) is 0.928. The molecule has 0 aromatic carbocycles. The first-order valence-electron chi connectivity index (χ1n) is 4.30. The lowest BCUT2D eigenvalue weighted by atomic mass is 10.3. The Morgan fingerprint density at radius 2 is 1.92 bits per heavy atom. The summed E-state index contributed by atoms with van der Waals surface area (Å²) in [4.78, 5) is 10.8. The first-order chi connectivity index (χ1) is 6.02. The molecule has 0 spiro atoms. The second-order valence-corrected chi connectivity index (χ2v) is 5.72. The molecule has 0 amide bonds. The molecule has 78 valence electrons. The van der Waals surface area contributed by atoms with E-state index >= 15 is 0 Å². The van der Waals surface area contributed by atoms with E-state index in [9.17, 15) is 13.2 Å². The number of ketones is 1. The van der Waals surface area contributed by atoms with Crippen LogP contribution < -0.4 is 0 Å². The van der Waals surface area contributed by atoms with Gasteiger partial charge in [0.1, 0.15) is 5.75 Å². The first-order valence-corrected chi connectivity index (χ1v) is 7.24. The van der Waals surface area contributed by atoms with Gasteiger partial charge >= 0.3 is 0 Å². The van der Waals surface area contributed by atoms with Crippen LogP contribution in [0.25, 0.3) is 0 Å². The van der Waals surface area contributed by atoms with Crippen molar-refractivity contribution in [3.8, 4) is 0 Å². The van der Waals surface area contributed by atoms with Crippen LogP contribution in [0.5, 0.6) is 0 Å². The van der Waals surface area contributed by atoms with Crippen molar-refractivity contribution in [1.82, 2.24) is 0 Å². The fraction of sp³-hybridized carbons (Fsp3) is 0.875. The Morgan fingerprint density at radius 3 is 2.38 bits per heavy atom. The molecule has 0 aliphatic heterocycles. The van der Waals surface area contributed by atoms with Crippen LogP contribution in [0.1, 0.15) is 26.2 Å². The highest BCUT2D eigenvalue weighted by atomic mass is 79.9. The van der Waals surface area contributed by atoms with Gasteiger partial charge in [-0.25, -0.2) is 8.42 Å². The van der Waals surface area contributed by atoms with Crippen LogP contribution in [0.4, 0.5) is 0 Å². The summed E-state index contributed by atoms with van der Waals surface area (Å²) in [5.41, 5.74) is 0. The Bertz CT molecular complexity index is 246. The number of hydrogen-bond acceptors (Lipinski definition) is 3. The largest absolute Gasteiger partial charge is 0.298 e. The zero-order chi connectivity index (χ0) is 10.3. The maximum atomic E-state index is 11.2. The van der Waals surface area contributed by atoms with Gasteiger partial charge in [0.15, 0.2) is 15.6 Å². The van der Waals surface area contributed by atoms with E-state index in [0.29, 0.717) is 6.42 Å². The van der Waals surface area contributed by atoms with Gasteiger partial charge in [0.05, 0.1) is 11.1 Å². The number of unbranched alkanes of at least 4 members (excludes halogenated alkanes) is 2. The summed E-state index contributed by atoms with van der Waals surface area (Å²) < 4.78 is 22.5. The fourth-order valence-corrected chi connectivity index (χ4v) is 2.77. The molecule has 0 aliphatic carbocycles. The van der Waals surface area contributed by atoms with E-state index in [0.717, 1.165) is 12.8 Å². The number of hydrogen-bond donors (Lipinski definition) is 0. The highest BCUT2D eigenvalue weighted by Crippen LogP contribution is 2.01. The van der Waals surface area contributed by atoms with Gasteiger partial charge in [0.2, 0.25) is 0 Å². The molecule has 0 aromatic heterocycles. The SMILES string of the molecule is CCCCCS(=O)(=O)CC(=O)CBr. The number of carbonyl (C=O) groups is 1. The Labute approximate surface area is 87.9 Å². The van der Waals surface area contributed by atoms with Crippen molar-refractivity contribution >= 4 is 31.6 Å². The Morgan fingerprint density at radius 1 is 1.31 bits per heavy atom. The molecule has 0 saturated heterocycles. The molecule has 13 heavy (non-hydrogen) atoms. The average molecular weight is 271 g/mol. The van der Waals surface area contributed by atoms with Crippen LogP contribution in [0.3, 0.4) is 0 Å². The summed E-state index contributed by atoms with van der Waals surface area (Å²) in [6, 6.07) is 0. The molecular weight excluding hydrogens is 256 g/mol. The van der Waals surface area contributed by atoms with Gasteiger partial charge in [-0.3, -0.25) is 4.79 Å². The van der Waals surface area contributed by atoms with Gasteiger partial charge in [0.25, 0.3) is 0 Å². The van der Waals surface area contributed by atoms with Crippen LogP contribution >= 0.6 is 15.9 Å². The number of rotatable bonds is 7. The third kappa shape index (κ3) is 7.19. The standard InChI is InChI=1S/C8H15BrO3S/c1-2-3-4-5-13(11,12)7-8(10)6-9/h2-7H2,1H3. The van der Waals surface area contributed by atoms with Gasteiger partial charge in [-0.05, 0) is 6.42 Å². The summed E-state index contributed by atoms with van der Waals surface area (Å²) in [6.45, 7) is 2.01. The molecule has 0 aliphatic rings. The molecule has 0 unspecified atom stereocenters. The zero-order valence-electron chi connectivity index (χ0n) is 7.75. The maximum absolute atomic E-state index is 11.2. The van der Waals surface area contributed by atoms with E-state index < -0.39 is 9.84 Å². The van der Waals surface area contributed by atoms with E-state index in [-0.39, 0.29) is 22.6 Å². The lowest BCUT2D eigenvalue weighted by molar-refractivity contribution is -0.114. The monoisotopic (exact) mass is 270 g/mol. The molecule has 0 saturated carbocycles. The predicted octanol–water partition coefficient (Wildman–Crippen LogP) is 1.56. The Kier molecular flexibility index (Phi) is 6.59. The molecule has 0 heterocycles. The molecule has 0 aromatic rings. The highest BCUT2D eigenvalue weighted by Gasteiger charge is 2.14. The summed E-state index contributed by atoms with van der Waals surface area (Å²) in [5, 5.41) is 0.125. The lowest BCUT2D eigenvalue weighted by Crippen LogP contribution is -2.19. The van der Waals surface area contributed by atoms with E-state index in [1.807, 2.05) is 6.92 Å². The minimum Gasteiger partial charge on any atom is -0.298 e. The molecule has 5 heteroatoms. The van der Waals surface area contributed by atoms with Crippen LogP contribution in [0, 0.1) is 0 Å². The van der Waals surface area contributed by atoms with Crippen LogP contribution in [0.2, 0.25) is 0 Å². The zero-order valence-corrected chi connectivity index (χ0v) is 10.2. The van der Waals surface area contributed by atoms with Gasteiger partial charge in [-0.2, -0.15) is 0 Å². The highest BCUT2D eigenvalue weighted by molar-refractivity contribution is 9.09. The maximum Gasteiger partial charge on any atom is 0.158 e. The quantitative estimate of drug-likeness (QED) is 0.521. The van der Waals surface area contributed by atoms with Crippen molar-refractivity contribution in [2.24, 2.45) is 0 Å². The van der Waals surface area contributed by atoms with Crippen LogP contribution in [-0.4, -0.2) is 31.0 Å². The Balaban J connectivity index is 3.88. The number of sulfone groups is 1. The molecule has 3 nitrogen and oxygen atoms in total. The van der Waals surface area contributed by atoms with E-state index in [2.05, 4.69) is 15.9 Å². The molecule has 0 radical (unpaired) electrons. The van der Waals surface area contributed by atoms with E-state index in [1.165, 1.54) is 0 Å². The average Bonchev–Trinajstić information content (AvgIpc) is 2.03. The van der Waals surface area contributed by atoms with Crippen molar-refractivity contribution in [3.63, 3.8) is 0 Å². The van der Waals surface area contributed by atoms with Crippen molar-refractivity contribution in [1.29, 1.82) is 0 Å². The third-order valence-corrected chi connectivity index (χ3v) is 3.89. The molecule has 0 bridgehead atoms. The Hall–Kier alpha value is 0.1000. The lowest BCUT2D eigenvalue weighted by Gasteiger charge is -2.00. The summed E-state index contributed by atoms with van der Waals surface area (Å²) in [5.74, 6) is -0.446. The minimum absolute atomic E-state index is 0.125. The number of alkyl halides is 1. The summed E-state index contributed by atoms with van der Waals surface area (Å²) in [7, 11) is -3.14.